The van der Waals surface area contributed by atoms with E-state index in [2.05, 4.69) is 106 Å². The van der Waals surface area contributed by atoms with Crippen molar-refractivity contribution in [3.05, 3.63) is 168 Å². The molecule has 9 aromatic rings. The van der Waals surface area contributed by atoms with E-state index in [1.807, 2.05) is 72.8 Å². The van der Waals surface area contributed by atoms with Crippen molar-refractivity contribution >= 4 is 43.6 Å². The Hall–Kier alpha value is -7.39. The number of hydrogen-bond acceptors (Lipinski definition) is 3. The van der Waals surface area contributed by atoms with Crippen molar-refractivity contribution in [1.29, 1.82) is 15.8 Å². The third kappa shape index (κ3) is 4.31. The lowest BCUT2D eigenvalue weighted by Gasteiger charge is -2.18. The van der Waals surface area contributed by atoms with Crippen molar-refractivity contribution in [2.24, 2.45) is 0 Å². The van der Waals surface area contributed by atoms with E-state index < -0.39 is 0 Å². The van der Waals surface area contributed by atoms with Crippen LogP contribution >= 0.6 is 0 Å². The van der Waals surface area contributed by atoms with Gasteiger partial charge >= 0.3 is 0 Å². The first-order valence-corrected chi connectivity index (χ1v) is 16.3. The Morgan fingerprint density at radius 2 is 0.920 bits per heavy atom. The normalized spacial score (nSPS) is 11.1. The zero-order valence-corrected chi connectivity index (χ0v) is 26.7. The van der Waals surface area contributed by atoms with Crippen LogP contribution in [0.15, 0.2) is 152 Å². The minimum Gasteiger partial charge on any atom is -0.309 e. The van der Waals surface area contributed by atoms with E-state index in [4.69, 9.17) is 0 Å². The number of hydrogen-bond donors (Lipinski definition) is 0. The van der Waals surface area contributed by atoms with Gasteiger partial charge < -0.3 is 9.13 Å². The third-order valence-corrected chi connectivity index (χ3v) is 9.64. The molecule has 0 saturated carbocycles. The summed E-state index contributed by atoms with van der Waals surface area (Å²) in [4.78, 5) is 0. The molecular weight excluding hydrogens is 611 g/mol. The predicted molar refractivity (Wildman–Crippen MR) is 200 cm³/mol. The van der Waals surface area contributed by atoms with Crippen molar-refractivity contribution in [3.8, 4) is 51.8 Å². The largest absolute Gasteiger partial charge is 0.309 e. The average Bonchev–Trinajstić information content (AvgIpc) is 3.70. The molecule has 0 saturated heterocycles. The molecule has 0 aliphatic heterocycles. The van der Waals surface area contributed by atoms with Gasteiger partial charge in [-0.05, 0) is 83.9 Å². The molecule has 230 valence electrons. The van der Waals surface area contributed by atoms with Gasteiger partial charge in [0, 0.05) is 38.4 Å². The highest BCUT2D eigenvalue weighted by Crippen LogP contribution is 2.42. The monoisotopic (exact) mass is 635 g/mol. The second-order valence-corrected chi connectivity index (χ2v) is 12.3. The van der Waals surface area contributed by atoms with Gasteiger partial charge in [0.2, 0.25) is 0 Å². The van der Waals surface area contributed by atoms with Crippen molar-refractivity contribution in [2.75, 3.05) is 0 Å². The van der Waals surface area contributed by atoms with Gasteiger partial charge in [0.15, 0.2) is 0 Å². The molecule has 0 bridgehead atoms. The van der Waals surface area contributed by atoms with Crippen molar-refractivity contribution < 1.29 is 0 Å². The Morgan fingerprint density at radius 3 is 1.60 bits per heavy atom. The molecule has 7 aromatic carbocycles. The lowest BCUT2D eigenvalue weighted by Crippen LogP contribution is -2.00. The summed E-state index contributed by atoms with van der Waals surface area (Å²) in [5, 5.41) is 34.6. The molecule has 0 atom stereocenters. The molecule has 0 spiro atoms. The van der Waals surface area contributed by atoms with E-state index in [9.17, 15) is 15.8 Å². The van der Waals surface area contributed by atoms with Crippen molar-refractivity contribution in [2.45, 2.75) is 0 Å². The maximum absolute atomic E-state index is 10.5. The van der Waals surface area contributed by atoms with Crippen LogP contribution in [0.4, 0.5) is 0 Å². The summed E-state index contributed by atoms with van der Waals surface area (Å²) in [6, 6.07) is 57.7. The van der Waals surface area contributed by atoms with Gasteiger partial charge in [-0.15, -0.1) is 0 Å². The smallest absolute Gasteiger partial charge is 0.0998 e. The molecular formula is C45H25N5. The number of fused-ring (bicyclic) bond motifs is 6. The molecule has 9 rings (SSSR count). The summed E-state index contributed by atoms with van der Waals surface area (Å²) in [7, 11) is 0. The van der Waals surface area contributed by atoms with Crippen LogP contribution in [0.5, 0.6) is 0 Å². The van der Waals surface area contributed by atoms with E-state index in [-0.39, 0.29) is 0 Å². The number of benzene rings is 7. The minimum absolute atomic E-state index is 0.529. The van der Waals surface area contributed by atoms with Gasteiger partial charge in [-0.1, -0.05) is 78.9 Å². The first-order chi connectivity index (χ1) is 24.7. The molecule has 5 heteroatoms. The van der Waals surface area contributed by atoms with E-state index in [0.29, 0.717) is 16.7 Å². The van der Waals surface area contributed by atoms with Gasteiger partial charge in [0.05, 0.1) is 62.7 Å². The first kappa shape index (κ1) is 28.8. The molecule has 0 fully saturated rings. The van der Waals surface area contributed by atoms with Crippen LogP contribution in [0.3, 0.4) is 0 Å². The van der Waals surface area contributed by atoms with Crippen molar-refractivity contribution in [3.63, 3.8) is 0 Å². The number of para-hydroxylation sites is 4. The summed E-state index contributed by atoms with van der Waals surface area (Å²) in [5.74, 6) is 0. The van der Waals surface area contributed by atoms with Crippen molar-refractivity contribution in [1.82, 2.24) is 9.13 Å². The number of nitriles is 3. The Kier molecular flexibility index (Phi) is 6.56. The summed E-state index contributed by atoms with van der Waals surface area (Å²) in [6.45, 7) is 0. The lowest BCUT2D eigenvalue weighted by molar-refractivity contribution is 1.18. The molecule has 0 N–H and O–H groups in total. The van der Waals surface area contributed by atoms with Gasteiger partial charge in [-0.25, -0.2) is 0 Å². The SMILES string of the molecule is N#Cc1ccc(-c2cc(-n3c4ccccc4c4cc(C#N)ccc43)ccc2C#N)c(-c2ccccc2-n2c3ccccc3c3ccccc32)c1. The maximum atomic E-state index is 10.5. The molecule has 2 aromatic heterocycles. The molecule has 0 amide bonds. The summed E-state index contributed by atoms with van der Waals surface area (Å²) >= 11 is 0. The first-order valence-electron chi connectivity index (χ1n) is 16.3. The average molecular weight is 636 g/mol. The standard InChI is InChI=1S/C45H25N5/c46-26-29-17-21-33(39(23-29)36-11-3-8-16-44(36)50-42-14-6-1-9-34(42)35-10-2-7-15-43(35)50)38-25-32(20-19-31(38)28-48)49-41-13-5-4-12-37(41)40-24-30(27-47)18-22-45(40)49/h1-25H. The van der Waals surface area contributed by atoms with Gasteiger partial charge in [0.25, 0.3) is 0 Å². The zero-order chi connectivity index (χ0) is 33.8. The van der Waals surface area contributed by atoms with Gasteiger partial charge in [-0.3, -0.25) is 0 Å². The highest BCUT2D eigenvalue weighted by molar-refractivity contribution is 6.11. The predicted octanol–water partition coefficient (Wildman–Crippen LogP) is 10.8. The number of aromatic nitrogens is 2. The van der Waals surface area contributed by atoms with Crippen LogP contribution in [0, 0.1) is 34.0 Å². The lowest BCUT2D eigenvalue weighted by atomic mass is 9.89. The van der Waals surface area contributed by atoms with E-state index in [1.165, 1.54) is 0 Å². The molecule has 0 unspecified atom stereocenters. The van der Waals surface area contributed by atoms with E-state index in [1.54, 1.807) is 0 Å². The molecule has 0 aliphatic rings. The summed E-state index contributed by atoms with van der Waals surface area (Å²) < 4.78 is 4.48. The second-order valence-electron chi connectivity index (χ2n) is 12.3. The fraction of sp³-hybridized carbons (Fsp3) is 0. The van der Waals surface area contributed by atoms with E-state index >= 15 is 0 Å². The fourth-order valence-corrected chi connectivity index (χ4v) is 7.46. The number of nitrogens with zero attached hydrogens (tertiary/aromatic N) is 5. The Labute approximate surface area is 287 Å². The summed E-state index contributed by atoms with van der Waals surface area (Å²) in [5.41, 5.74) is 11.1. The van der Waals surface area contributed by atoms with Crippen LogP contribution in [0.2, 0.25) is 0 Å². The fourth-order valence-electron chi connectivity index (χ4n) is 7.46. The third-order valence-electron chi connectivity index (χ3n) is 9.64. The topological polar surface area (TPSA) is 81.2 Å². The van der Waals surface area contributed by atoms with Crippen LogP contribution in [0.1, 0.15) is 16.7 Å². The molecule has 5 nitrogen and oxygen atoms in total. The highest BCUT2D eigenvalue weighted by Gasteiger charge is 2.20. The van der Waals surface area contributed by atoms with Crippen LogP contribution in [-0.4, -0.2) is 9.13 Å². The van der Waals surface area contributed by atoms with Crippen LogP contribution < -0.4 is 0 Å². The van der Waals surface area contributed by atoms with E-state index in [0.717, 1.165) is 77.2 Å². The second kappa shape index (κ2) is 11.4. The number of rotatable bonds is 4. The zero-order valence-electron chi connectivity index (χ0n) is 26.7. The maximum Gasteiger partial charge on any atom is 0.0998 e. The van der Waals surface area contributed by atoms with Crippen LogP contribution in [-0.2, 0) is 0 Å². The quantitative estimate of drug-likeness (QED) is 0.193. The highest BCUT2D eigenvalue weighted by atomic mass is 15.0. The Balaban J connectivity index is 1.32. The van der Waals surface area contributed by atoms with Crippen LogP contribution in [0.25, 0.3) is 77.2 Å². The molecule has 2 heterocycles. The Morgan fingerprint density at radius 1 is 0.360 bits per heavy atom. The molecule has 0 radical (unpaired) electrons. The van der Waals surface area contributed by atoms with Gasteiger partial charge in [0.1, 0.15) is 0 Å². The Bertz CT molecular complexity index is 2920. The summed E-state index contributed by atoms with van der Waals surface area (Å²) in [6.07, 6.45) is 0. The minimum atomic E-state index is 0.529. The van der Waals surface area contributed by atoms with Gasteiger partial charge in [-0.2, -0.15) is 15.8 Å². The molecule has 50 heavy (non-hydrogen) atoms. The molecule has 0 aliphatic carbocycles.